The Morgan fingerprint density at radius 2 is 1.97 bits per heavy atom. The van der Waals surface area contributed by atoms with Crippen LogP contribution in [0.3, 0.4) is 0 Å². The summed E-state index contributed by atoms with van der Waals surface area (Å²) >= 11 is 6.48. The van der Waals surface area contributed by atoms with Crippen LogP contribution < -0.4 is 5.32 Å². The van der Waals surface area contributed by atoms with E-state index >= 15 is 0 Å². The second-order valence-electron chi connectivity index (χ2n) is 8.02. The van der Waals surface area contributed by atoms with Crippen LogP contribution in [0.2, 0.25) is 5.02 Å². The molecule has 0 fully saturated rings. The number of carbonyl (C=O) groups excluding carboxylic acids is 1. The Kier molecular flexibility index (Phi) is 6.17. The normalized spacial score (nSPS) is 13.4. The van der Waals surface area contributed by atoms with Gasteiger partial charge < -0.3 is 14.4 Å². The third-order valence-corrected chi connectivity index (χ3v) is 6.00. The summed E-state index contributed by atoms with van der Waals surface area (Å²) in [6.07, 6.45) is 4.88. The number of anilines is 1. The molecule has 0 aliphatic carbocycles. The number of fused-ring (bicyclic) bond motifs is 1. The molecule has 0 bridgehead atoms. The molecule has 1 aliphatic heterocycles. The van der Waals surface area contributed by atoms with Crippen LogP contribution in [0.25, 0.3) is 22.8 Å². The van der Waals surface area contributed by atoms with Gasteiger partial charge in [-0.05, 0) is 31.0 Å². The van der Waals surface area contributed by atoms with E-state index in [0.29, 0.717) is 28.8 Å². The van der Waals surface area contributed by atoms with Crippen molar-refractivity contribution in [1.82, 2.24) is 24.9 Å². The third-order valence-electron chi connectivity index (χ3n) is 5.67. The first kappa shape index (κ1) is 21.3. The van der Waals surface area contributed by atoms with Gasteiger partial charge in [-0.25, -0.2) is 0 Å². The van der Waals surface area contributed by atoms with E-state index < -0.39 is 0 Å². The van der Waals surface area contributed by atoms with Gasteiger partial charge in [-0.1, -0.05) is 53.5 Å². The van der Waals surface area contributed by atoms with Crippen LogP contribution >= 0.6 is 11.6 Å². The number of hydrogen-bond donors (Lipinski definition) is 1. The van der Waals surface area contributed by atoms with Crippen LogP contribution in [-0.4, -0.2) is 30.8 Å². The molecule has 0 unspecified atom stereocenters. The highest BCUT2D eigenvalue weighted by Gasteiger charge is 2.19. The molecule has 0 radical (unpaired) electrons. The van der Waals surface area contributed by atoms with E-state index in [1.165, 1.54) is 6.42 Å². The third kappa shape index (κ3) is 4.80. The van der Waals surface area contributed by atoms with Crippen molar-refractivity contribution >= 4 is 23.2 Å². The number of nitrogens with zero attached hydrogens (tertiary/aromatic N) is 5. The lowest BCUT2D eigenvalue weighted by molar-refractivity contribution is -0.116. The van der Waals surface area contributed by atoms with Crippen LogP contribution in [0.15, 0.2) is 53.1 Å². The zero-order valence-corrected chi connectivity index (χ0v) is 18.8. The van der Waals surface area contributed by atoms with Gasteiger partial charge >= 0.3 is 0 Å². The summed E-state index contributed by atoms with van der Waals surface area (Å²) in [5, 5.41) is 16.2. The minimum Gasteiger partial charge on any atom is -0.339 e. The summed E-state index contributed by atoms with van der Waals surface area (Å²) in [6.45, 7) is 0.875. The first-order chi connectivity index (χ1) is 16.2. The SMILES string of the molecule is O=C(CCc1nc(-c2ccccc2)no1)Nc1ccc(Cl)c(-c2nnc3n2CCCCC3)c1. The van der Waals surface area contributed by atoms with Crippen molar-refractivity contribution in [2.45, 2.75) is 45.1 Å². The Balaban J connectivity index is 1.25. The second kappa shape index (κ2) is 9.54. The lowest BCUT2D eigenvalue weighted by atomic mass is 10.1. The summed E-state index contributed by atoms with van der Waals surface area (Å²) < 4.78 is 7.43. The molecule has 168 valence electrons. The van der Waals surface area contributed by atoms with Crippen LogP contribution in [-0.2, 0) is 24.2 Å². The number of halogens is 1. The molecular formula is C24H23ClN6O2. The van der Waals surface area contributed by atoms with Gasteiger partial charge in [0.05, 0.1) is 5.02 Å². The quantitative estimate of drug-likeness (QED) is 0.435. The maximum Gasteiger partial charge on any atom is 0.227 e. The largest absolute Gasteiger partial charge is 0.339 e. The molecule has 1 aliphatic rings. The lowest BCUT2D eigenvalue weighted by Crippen LogP contribution is -2.12. The highest BCUT2D eigenvalue weighted by molar-refractivity contribution is 6.33. The molecular weight excluding hydrogens is 440 g/mol. The van der Waals surface area contributed by atoms with Crippen molar-refractivity contribution in [2.24, 2.45) is 0 Å². The summed E-state index contributed by atoms with van der Waals surface area (Å²) in [6, 6.07) is 15.0. The van der Waals surface area contributed by atoms with Crippen molar-refractivity contribution < 1.29 is 9.32 Å². The summed E-state index contributed by atoms with van der Waals surface area (Å²) in [5.41, 5.74) is 2.29. The van der Waals surface area contributed by atoms with Crippen molar-refractivity contribution in [2.75, 3.05) is 5.32 Å². The van der Waals surface area contributed by atoms with Gasteiger partial charge in [0, 0.05) is 42.6 Å². The number of aromatic nitrogens is 5. The maximum atomic E-state index is 12.6. The summed E-state index contributed by atoms with van der Waals surface area (Å²) in [7, 11) is 0. The zero-order valence-electron chi connectivity index (χ0n) is 18.0. The maximum absolute atomic E-state index is 12.6. The van der Waals surface area contributed by atoms with Gasteiger partial charge in [-0.2, -0.15) is 4.98 Å². The number of amides is 1. The van der Waals surface area contributed by atoms with E-state index in [-0.39, 0.29) is 12.3 Å². The predicted octanol–water partition coefficient (Wildman–Crippen LogP) is 4.95. The average Bonchev–Trinajstić information content (AvgIpc) is 3.41. The van der Waals surface area contributed by atoms with Crippen LogP contribution in [0.4, 0.5) is 5.69 Å². The molecule has 1 N–H and O–H groups in total. The van der Waals surface area contributed by atoms with E-state index in [2.05, 4.69) is 30.2 Å². The molecule has 5 rings (SSSR count). The van der Waals surface area contributed by atoms with Crippen molar-refractivity contribution in [3.8, 4) is 22.8 Å². The van der Waals surface area contributed by atoms with Crippen LogP contribution in [0, 0.1) is 0 Å². The van der Waals surface area contributed by atoms with E-state index in [1.54, 1.807) is 12.1 Å². The molecule has 2 aromatic heterocycles. The molecule has 8 nitrogen and oxygen atoms in total. The molecule has 3 heterocycles. The van der Waals surface area contributed by atoms with Gasteiger partial charge in [0.25, 0.3) is 0 Å². The van der Waals surface area contributed by atoms with Gasteiger partial charge in [0.2, 0.25) is 17.6 Å². The number of rotatable bonds is 6. The highest BCUT2D eigenvalue weighted by atomic mass is 35.5. The number of nitrogens with one attached hydrogen (secondary N) is 1. The molecule has 9 heteroatoms. The average molecular weight is 463 g/mol. The fraction of sp³-hybridized carbons (Fsp3) is 0.292. The van der Waals surface area contributed by atoms with Gasteiger partial charge in [0.15, 0.2) is 5.82 Å². The minimum atomic E-state index is -0.150. The molecule has 0 atom stereocenters. The number of aryl methyl sites for hydroxylation is 2. The van der Waals surface area contributed by atoms with E-state index in [4.69, 9.17) is 16.1 Å². The standard InChI is InChI=1S/C24H23ClN6O2/c25-19-11-10-17(15-18(19)24-29-28-20-9-5-2-6-14-31(20)24)26-21(32)12-13-22-27-23(30-33-22)16-7-3-1-4-8-16/h1,3-4,7-8,10-11,15H,2,5-6,9,12-14H2,(H,26,32). The van der Waals surface area contributed by atoms with Gasteiger partial charge in [-0.15, -0.1) is 10.2 Å². The number of hydrogen-bond acceptors (Lipinski definition) is 6. The van der Waals surface area contributed by atoms with Crippen LogP contribution in [0.1, 0.15) is 37.4 Å². The molecule has 4 aromatic rings. The van der Waals surface area contributed by atoms with Gasteiger partial charge in [-0.3, -0.25) is 4.79 Å². The Morgan fingerprint density at radius 1 is 1.09 bits per heavy atom. The summed E-state index contributed by atoms with van der Waals surface area (Å²) in [4.78, 5) is 16.9. The monoisotopic (exact) mass is 462 g/mol. The Labute approximate surface area is 196 Å². The predicted molar refractivity (Wildman–Crippen MR) is 125 cm³/mol. The lowest BCUT2D eigenvalue weighted by Gasteiger charge is -2.11. The van der Waals surface area contributed by atoms with Crippen molar-refractivity contribution in [3.63, 3.8) is 0 Å². The van der Waals surface area contributed by atoms with Crippen LogP contribution in [0.5, 0.6) is 0 Å². The minimum absolute atomic E-state index is 0.150. The molecule has 1 amide bonds. The zero-order chi connectivity index (χ0) is 22.6. The first-order valence-corrected chi connectivity index (χ1v) is 11.4. The molecule has 2 aromatic carbocycles. The van der Waals surface area contributed by atoms with Crippen molar-refractivity contribution in [1.29, 1.82) is 0 Å². The smallest absolute Gasteiger partial charge is 0.227 e. The molecule has 0 saturated carbocycles. The Hall–Kier alpha value is -3.52. The number of benzene rings is 2. The fourth-order valence-corrected chi connectivity index (χ4v) is 4.17. The number of carbonyl (C=O) groups is 1. The molecule has 0 spiro atoms. The molecule has 33 heavy (non-hydrogen) atoms. The van der Waals surface area contributed by atoms with Crippen molar-refractivity contribution in [3.05, 3.63) is 65.3 Å². The van der Waals surface area contributed by atoms with Gasteiger partial charge in [0.1, 0.15) is 5.82 Å². The van der Waals surface area contributed by atoms with E-state index in [0.717, 1.165) is 48.6 Å². The second-order valence-corrected chi connectivity index (χ2v) is 8.43. The fourth-order valence-electron chi connectivity index (χ4n) is 3.96. The van der Waals surface area contributed by atoms with E-state index in [1.807, 2.05) is 36.4 Å². The Morgan fingerprint density at radius 3 is 2.85 bits per heavy atom. The summed E-state index contributed by atoms with van der Waals surface area (Å²) in [5.74, 6) is 2.52. The Bertz CT molecular complexity index is 1270. The molecule has 0 saturated heterocycles. The first-order valence-electron chi connectivity index (χ1n) is 11.1. The van der Waals surface area contributed by atoms with E-state index in [9.17, 15) is 4.79 Å². The topological polar surface area (TPSA) is 98.7 Å². The highest BCUT2D eigenvalue weighted by Crippen LogP contribution is 2.31.